The summed E-state index contributed by atoms with van der Waals surface area (Å²) in [4.78, 5) is 57.7. The first kappa shape index (κ1) is 32.2. The highest BCUT2D eigenvalue weighted by atomic mass is 79.9. The molecule has 2 N–H and O–H groups in total. The molecule has 1 aliphatic carbocycles. The Balaban J connectivity index is 1.37. The molecule has 2 amide bonds. The second-order valence-corrected chi connectivity index (χ2v) is 13.9. The number of allylic oxidation sites excluding steroid dienone is 12. The van der Waals surface area contributed by atoms with Crippen LogP contribution in [-0.4, -0.2) is 45.1 Å². The van der Waals surface area contributed by atoms with Gasteiger partial charge in [0.25, 0.3) is 11.8 Å². The van der Waals surface area contributed by atoms with Crippen molar-refractivity contribution in [3.63, 3.8) is 0 Å². The minimum absolute atomic E-state index is 0.0128. The molecule has 6 heterocycles. The normalized spacial score (nSPS) is 25.1. The molecule has 0 radical (unpaired) electrons. The van der Waals surface area contributed by atoms with Crippen LogP contribution in [0.2, 0.25) is 0 Å². The molecule has 2 saturated heterocycles. The van der Waals surface area contributed by atoms with Crippen LogP contribution >= 0.6 is 15.9 Å². The van der Waals surface area contributed by atoms with Crippen LogP contribution in [0.15, 0.2) is 105 Å². The molecule has 0 aromatic carbocycles. The Kier molecular flexibility index (Phi) is 8.01. The zero-order chi connectivity index (χ0) is 34.2. The number of hydroxylamine groups is 2. The second kappa shape index (κ2) is 11.9. The molecule has 7 rings (SSSR count). The van der Waals surface area contributed by atoms with Crippen LogP contribution in [0.1, 0.15) is 86.5 Å². The fourth-order valence-corrected chi connectivity index (χ4v) is 8.62. The molecule has 48 heavy (non-hydrogen) atoms. The number of aliphatic imine (C=N–C) groups is 3. The van der Waals surface area contributed by atoms with E-state index in [1.165, 1.54) is 0 Å². The molecule has 0 saturated carbocycles. The average Bonchev–Trinajstić information content (AvgIpc) is 3.86. The number of aliphatic hydroxyl groups excluding tert-OH is 1. The lowest BCUT2D eigenvalue weighted by molar-refractivity contribution is -0.197. The number of imide groups is 1. The Morgan fingerprint density at radius 2 is 1.62 bits per heavy atom. The molecular formula is C37H38BrN5O5. The quantitative estimate of drug-likeness (QED) is 0.281. The molecule has 8 bridgehead atoms. The minimum Gasteiger partial charge on any atom is -0.511 e. The third-order valence-electron chi connectivity index (χ3n) is 10.5. The lowest BCUT2D eigenvalue weighted by Gasteiger charge is -2.18. The first-order chi connectivity index (χ1) is 22.9. The van der Waals surface area contributed by atoms with E-state index in [9.17, 15) is 19.5 Å². The monoisotopic (exact) mass is 711 g/mol. The fourth-order valence-electron chi connectivity index (χ4n) is 7.78. The second-order valence-electron chi connectivity index (χ2n) is 13.1. The number of hydrogen-bond donors (Lipinski definition) is 2. The Bertz CT molecular complexity index is 1980. The van der Waals surface area contributed by atoms with Gasteiger partial charge in [0.1, 0.15) is 5.76 Å². The Morgan fingerprint density at radius 3 is 2.31 bits per heavy atom. The van der Waals surface area contributed by atoms with Gasteiger partial charge >= 0.3 is 5.97 Å². The highest BCUT2D eigenvalue weighted by Crippen LogP contribution is 2.48. The summed E-state index contributed by atoms with van der Waals surface area (Å²) in [5, 5.41) is 15.6. The number of carbonyl (C=O) groups is 3. The van der Waals surface area contributed by atoms with Gasteiger partial charge in [0.2, 0.25) is 0 Å². The van der Waals surface area contributed by atoms with Gasteiger partial charge in [-0.25, -0.2) is 19.8 Å². The molecule has 10 nitrogen and oxygen atoms in total. The van der Waals surface area contributed by atoms with Crippen molar-refractivity contribution >= 4 is 50.8 Å². The number of nitrogens with one attached hydrogen (secondary N) is 1. The van der Waals surface area contributed by atoms with Crippen LogP contribution in [0.4, 0.5) is 0 Å². The Hall–Kier alpha value is -4.38. The molecule has 6 aliphatic heterocycles. The summed E-state index contributed by atoms with van der Waals surface area (Å²) in [5.41, 5.74) is 13.8. The number of aliphatic hydroxyl groups is 1. The van der Waals surface area contributed by atoms with E-state index in [0.29, 0.717) is 17.9 Å². The van der Waals surface area contributed by atoms with Crippen molar-refractivity contribution in [1.29, 1.82) is 0 Å². The summed E-state index contributed by atoms with van der Waals surface area (Å²) in [6.45, 7) is 12.6. The summed E-state index contributed by atoms with van der Waals surface area (Å²) in [6.07, 6.45) is 6.48. The highest BCUT2D eigenvalue weighted by Gasteiger charge is 2.43. The van der Waals surface area contributed by atoms with E-state index in [4.69, 9.17) is 19.8 Å². The zero-order valence-corrected chi connectivity index (χ0v) is 29.6. The van der Waals surface area contributed by atoms with E-state index in [0.717, 1.165) is 102 Å². The van der Waals surface area contributed by atoms with Crippen molar-refractivity contribution in [3.05, 3.63) is 89.9 Å². The van der Waals surface area contributed by atoms with Crippen LogP contribution in [-0.2, 0) is 19.2 Å². The van der Waals surface area contributed by atoms with E-state index in [1.54, 1.807) is 0 Å². The first-order valence-corrected chi connectivity index (χ1v) is 17.4. The topological polar surface area (TPSA) is 133 Å². The largest absolute Gasteiger partial charge is 0.511 e. The molecule has 2 fully saturated rings. The van der Waals surface area contributed by atoms with Crippen molar-refractivity contribution in [3.8, 4) is 0 Å². The fraction of sp³-hybridized carbons (Fsp3) is 0.405. The maximum atomic E-state index is 13.0. The number of carbonyl (C=O) groups excluding carboxylic acids is 3. The molecule has 248 valence electrons. The summed E-state index contributed by atoms with van der Waals surface area (Å²) in [7, 11) is 0. The maximum Gasteiger partial charge on any atom is 0.333 e. The highest BCUT2D eigenvalue weighted by molar-refractivity contribution is 9.12. The molecule has 0 aromatic rings. The molecule has 0 unspecified atom stereocenters. The van der Waals surface area contributed by atoms with Gasteiger partial charge in [-0.15, -0.1) is 5.06 Å². The summed E-state index contributed by atoms with van der Waals surface area (Å²) < 4.78 is 0.833. The molecule has 0 spiro atoms. The average molecular weight is 713 g/mol. The summed E-state index contributed by atoms with van der Waals surface area (Å²) >= 11 is 3.93. The van der Waals surface area contributed by atoms with Crippen LogP contribution in [0.5, 0.6) is 0 Å². The third kappa shape index (κ3) is 4.96. The number of fused-ring (bicyclic) bond motifs is 5. The smallest absolute Gasteiger partial charge is 0.333 e. The molecule has 7 aliphatic rings. The number of nitrogens with zero attached hydrogens (tertiary/aromatic N) is 4. The lowest BCUT2D eigenvalue weighted by atomic mass is 9.86. The van der Waals surface area contributed by atoms with Crippen LogP contribution in [0.25, 0.3) is 0 Å². The summed E-state index contributed by atoms with van der Waals surface area (Å²) in [5.74, 6) is -1.66. The predicted octanol–water partition coefficient (Wildman–Crippen LogP) is 7.18. The van der Waals surface area contributed by atoms with Gasteiger partial charge in [-0.2, -0.15) is 0 Å². The summed E-state index contributed by atoms with van der Waals surface area (Å²) in [6, 6.07) is 0. The number of rotatable bonds is 6. The zero-order valence-electron chi connectivity index (χ0n) is 28.0. The van der Waals surface area contributed by atoms with Crippen molar-refractivity contribution in [2.24, 2.45) is 26.8 Å². The van der Waals surface area contributed by atoms with Gasteiger partial charge in [0.05, 0.1) is 38.7 Å². The van der Waals surface area contributed by atoms with E-state index in [-0.39, 0.29) is 36.9 Å². The standard InChI is InChI=1S/C37H38BrN5O5/c1-7-20-16(3)24-14-27-21(8-2)17(4)34(41-27)33(38)35-18(5)22(9-12-31(47)48-43-29(45)10-11-30(43)46)36(42-35)23-13-28(44)32-19(6)25(40-37(23)32)15-26(20)39-24/h14-15,18,22,42,44H,7-13H2,1-6H3/t18-,22-/m0/s1. The minimum atomic E-state index is -0.643. The van der Waals surface area contributed by atoms with Crippen molar-refractivity contribution < 1.29 is 24.3 Å². The molecular weight excluding hydrogens is 674 g/mol. The number of amides is 2. The lowest BCUT2D eigenvalue weighted by Crippen LogP contribution is -2.32. The van der Waals surface area contributed by atoms with Gasteiger partial charge in [0, 0.05) is 60.1 Å². The van der Waals surface area contributed by atoms with Gasteiger partial charge in [-0.1, -0.05) is 20.8 Å². The Labute approximate surface area is 288 Å². The molecule has 2 atom stereocenters. The molecule has 0 aromatic heterocycles. The number of halogens is 1. The van der Waals surface area contributed by atoms with Gasteiger partial charge < -0.3 is 15.3 Å². The van der Waals surface area contributed by atoms with Gasteiger partial charge in [-0.3, -0.25) is 9.59 Å². The predicted molar refractivity (Wildman–Crippen MR) is 187 cm³/mol. The third-order valence-corrected chi connectivity index (χ3v) is 11.3. The van der Waals surface area contributed by atoms with Crippen LogP contribution in [0.3, 0.4) is 0 Å². The number of hydrogen-bond acceptors (Lipinski definition) is 9. The SMILES string of the molecule is CCC1=C(C)C2=NC1=CC1=C(C)C3=C(O)CC(=C4NC(=C(Br)C5=NC(=C2)C(CC)=C5C)[C@@H](C)[C@@H]4CCC(=O)ON2C(=O)CCC2=O)C3=N1. The van der Waals surface area contributed by atoms with E-state index in [1.807, 2.05) is 13.0 Å². The first-order valence-electron chi connectivity index (χ1n) is 16.6. The van der Waals surface area contributed by atoms with Crippen molar-refractivity contribution in [2.45, 2.75) is 86.5 Å². The Morgan fingerprint density at radius 1 is 0.958 bits per heavy atom. The van der Waals surface area contributed by atoms with Gasteiger partial charge in [0.15, 0.2) is 0 Å². The van der Waals surface area contributed by atoms with Gasteiger partial charge in [-0.05, 0) is 96.0 Å². The van der Waals surface area contributed by atoms with E-state index < -0.39 is 17.8 Å². The van der Waals surface area contributed by atoms with E-state index >= 15 is 0 Å². The van der Waals surface area contributed by atoms with Crippen molar-refractivity contribution in [2.75, 3.05) is 0 Å². The van der Waals surface area contributed by atoms with Crippen LogP contribution < -0.4 is 5.32 Å². The maximum absolute atomic E-state index is 13.0. The van der Waals surface area contributed by atoms with Crippen LogP contribution in [0, 0.1) is 11.8 Å². The van der Waals surface area contributed by atoms with E-state index in [2.05, 4.69) is 61.9 Å². The van der Waals surface area contributed by atoms with Crippen molar-refractivity contribution in [1.82, 2.24) is 10.4 Å². The molecule has 11 heteroatoms.